The number of hydrogen-bond donors (Lipinski definition) is 2. The van der Waals surface area contributed by atoms with E-state index < -0.39 is 31.3 Å². The number of rotatable bonds is 4. The van der Waals surface area contributed by atoms with Crippen LogP contribution in [0.5, 0.6) is 0 Å². The third kappa shape index (κ3) is 4.93. The fourth-order valence-corrected chi connectivity index (χ4v) is 1.97. The van der Waals surface area contributed by atoms with Crippen molar-refractivity contribution in [1.82, 2.24) is 9.80 Å². The van der Waals surface area contributed by atoms with Gasteiger partial charge in [0.15, 0.2) is 0 Å². The van der Waals surface area contributed by atoms with Crippen LogP contribution in [0.15, 0.2) is 0 Å². The Bertz CT molecular complexity index is 349. The lowest BCUT2D eigenvalue weighted by Crippen LogP contribution is -2.48. The van der Waals surface area contributed by atoms with E-state index in [9.17, 15) is 22.8 Å². The zero-order valence-corrected chi connectivity index (χ0v) is 10.2. The van der Waals surface area contributed by atoms with Gasteiger partial charge in [-0.1, -0.05) is 0 Å². The second-order valence-electron chi connectivity index (χ2n) is 4.48. The molecule has 0 radical (unpaired) electrons. The molecular formula is C10H16F3N3O3. The zero-order chi connectivity index (χ0) is 14.6. The minimum atomic E-state index is -4.63. The van der Waals surface area contributed by atoms with E-state index in [4.69, 9.17) is 10.8 Å². The number of nitrogens with two attached hydrogens (primary N) is 1. The lowest BCUT2D eigenvalue weighted by molar-refractivity contribution is -0.149. The SMILES string of the molecule is NCC1CCN(C(=O)N(CC(=O)O)CC(F)(F)F)C1. The van der Waals surface area contributed by atoms with Crippen molar-refractivity contribution in [1.29, 1.82) is 0 Å². The Kier molecular flexibility index (Phi) is 4.98. The van der Waals surface area contributed by atoms with Crippen LogP contribution < -0.4 is 5.73 Å². The number of halogens is 3. The lowest BCUT2D eigenvalue weighted by Gasteiger charge is -2.27. The number of carboxylic acid groups (broad SMARTS) is 1. The molecule has 19 heavy (non-hydrogen) atoms. The fraction of sp³-hybridized carbons (Fsp3) is 0.800. The van der Waals surface area contributed by atoms with Crippen LogP contribution in [0, 0.1) is 5.92 Å². The lowest BCUT2D eigenvalue weighted by atomic mass is 10.1. The number of alkyl halides is 3. The number of carbonyl (C=O) groups excluding carboxylic acids is 1. The smallest absolute Gasteiger partial charge is 0.406 e. The highest BCUT2D eigenvalue weighted by Crippen LogP contribution is 2.20. The van der Waals surface area contributed by atoms with Crippen molar-refractivity contribution in [2.24, 2.45) is 11.7 Å². The molecule has 1 aliphatic heterocycles. The van der Waals surface area contributed by atoms with Gasteiger partial charge in [0, 0.05) is 13.1 Å². The highest BCUT2D eigenvalue weighted by Gasteiger charge is 2.37. The molecule has 0 aromatic heterocycles. The number of hydrogen-bond acceptors (Lipinski definition) is 3. The van der Waals surface area contributed by atoms with E-state index in [1.54, 1.807) is 0 Å². The topological polar surface area (TPSA) is 86.9 Å². The summed E-state index contributed by atoms with van der Waals surface area (Å²) < 4.78 is 37.0. The monoisotopic (exact) mass is 283 g/mol. The van der Waals surface area contributed by atoms with E-state index in [1.807, 2.05) is 0 Å². The van der Waals surface area contributed by atoms with Crippen LogP contribution in [-0.4, -0.2) is 65.8 Å². The molecule has 1 rings (SSSR count). The van der Waals surface area contributed by atoms with E-state index in [2.05, 4.69) is 0 Å². The standard InChI is InChI=1S/C10H16F3N3O3/c11-10(12,13)6-16(5-8(17)18)9(19)15-2-1-7(3-14)4-15/h7H,1-6,14H2,(H,17,18). The Morgan fingerprint density at radius 3 is 2.47 bits per heavy atom. The molecule has 0 spiro atoms. The molecule has 0 aliphatic carbocycles. The Balaban J connectivity index is 2.69. The minimum absolute atomic E-state index is 0.0570. The summed E-state index contributed by atoms with van der Waals surface area (Å²) >= 11 is 0. The summed E-state index contributed by atoms with van der Waals surface area (Å²) in [6.07, 6.45) is -4.01. The van der Waals surface area contributed by atoms with Crippen molar-refractivity contribution in [3.63, 3.8) is 0 Å². The van der Waals surface area contributed by atoms with Crippen molar-refractivity contribution in [2.45, 2.75) is 12.6 Å². The number of nitrogens with zero attached hydrogens (tertiary/aromatic N) is 2. The number of likely N-dealkylation sites (tertiary alicyclic amines) is 1. The first kappa shape index (κ1) is 15.5. The van der Waals surface area contributed by atoms with Gasteiger partial charge in [-0.3, -0.25) is 4.79 Å². The molecule has 0 aromatic carbocycles. The molecule has 9 heteroatoms. The van der Waals surface area contributed by atoms with Gasteiger partial charge < -0.3 is 20.6 Å². The van der Waals surface area contributed by atoms with Crippen LogP contribution in [0.25, 0.3) is 0 Å². The van der Waals surface area contributed by atoms with Gasteiger partial charge in [-0.2, -0.15) is 13.2 Å². The summed E-state index contributed by atoms with van der Waals surface area (Å²) in [6, 6.07) is -0.907. The van der Waals surface area contributed by atoms with Gasteiger partial charge in [0.2, 0.25) is 0 Å². The van der Waals surface area contributed by atoms with E-state index in [0.717, 1.165) is 0 Å². The number of carbonyl (C=O) groups is 2. The average Bonchev–Trinajstić information content (AvgIpc) is 2.73. The van der Waals surface area contributed by atoms with Gasteiger partial charge in [-0.25, -0.2) is 4.79 Å². The maximum atomic E-state index is 12.3. The average molecular weight is 283 g/mol. The molecule has 110 valence electrons. The molecule has 2 amide bonds. The molecule has 6 nitrogen and oxygen atoms in total. The van der Waals surface area contributed by atoms with Crippen LogP contribution >= 0.6 is 0 Å². The second kappa shape index (κ2) is 6.09. The molecular weight excluding hydrogens is 267 g/mol. The van der Waals surface area contributed by atoms with Crippen LogP contribution in [-0.2, 0) is 4.79 Å². The molecule has 1 aliphatic rings. The molecule has 1 heterocycles. The van der Waals surface area contributed by atoms with E-state index in [0.29, 0.717) is 24.4 Å². The molecule has 1 fully saturated rings. The molecule has 0 bridgehead atoms. The third-order valence-electron chi connectivity index (χ3n) is 2.86. The number of carboxylic acids is 1. The molecule has 1 unspecified atom stereocenters. The van der Waals surface area contributed by atoms with Gasteiger partial charge in [-0.15, -0.1) is 0 Å². The predicted octanol–water partition coefficient (Wildman–Crippen LogP) is 0.336. The van der Waals surface area contributed by atoms with Crippen LogP contribution in [0.3, 0.4) is 0 Å². The van der Waals surface area contributed by atoms with E-state index in [1.165, 1.54) is 4.90 Å². The van der Waals surface area contributed by atoms with Crippen molar-refractivity contribution in [2.75, 3.05) is 32.7 Å². The summed E-state index contributed by atoms with van der Waals surface area (Å²) in [5.74, 6) is -1.42. The van der Waals surface area contributed by atoms with Crippen LogP contribution in [0.4, 0.5) is 18.0 Å². The van der Waals surface area contributed by atoms with E-state index >= 15 is 0 Å². The molecule has 1 atom stereocenters. The first-order chi connectivity index (χ1) is 8.73. The maximum absolute atomic E-state index is 12.3. The second-order valence-corrected chi connectivity index (χ2v) is 4.48. The number of amides is 2. The number of urea groups is 1. The summed E-state index contributed by atoms with van der Waals surface area (Å²) in [6.45, 7) is -1.62. The van der Waals surface area contributed by atoms with Gasteiger partial charge in [0.1, 0.15) is 13.1 Å². The summed E-state index contributed by atoms with van der Waals surface area (Å²) in [5, 5.41) is 8.57. The first-order valence-electron chi connectivity index (χ1n) is 5.75. The zero-order valence-electron chi connectivity index (χ0n) is 10.2. The Labute approximate surface area is 107 Å². The highest BCUT2D eigenvalue weighted by molar-refractivity contribution is 5.80. The third-order valence-corrected chi connectivity index (χ3v) is 2.86. The van der Waals surface area contributed by atoms with Crippen LogP contribution in [0.2, 0.25) is 0 Å². The van der Waals surface area contributed by atoms with Gasteiger partial charge in [0.05, 0.1) is 0 Å². The number of aliphatic carboxylic acids is 1. The Morgan fingerprint density at radius 1 is 1.42 bits per heavy atom. The summed E-state index contributed by atoms with van der Waals surface area (Å²) in [4.78, 5) is 23.9. The molecule has 1 saturated heterocycles. The largest absolute Gasteiger partial charge is 0.480 e. The summed E-state index contributed by atoms with van der Waals surface area (Å²) in [5.41, 5.74) is 5.43. The van der Waals surface area contributed by atoms with Crippen molar-refractivity contribution < 1.29 is 27.9 Å². The molecule has 0 aromatic rings. The highest BCUT2D eigenvalue weighted by atomic mass is 19.4. The first-order valence-corrected chi connectivity index (χ1v) is 5.75. The van der Waals surface area contributed by atoms with Gasteiger partial charge in [-0.05, 0) is 18.9 Å². The minimum Gasteiger partial charge on any atom is -0.480 e. The van der Waals surface area contributed by atoms with Crippen LogP contribution in [0.1, 0.15) is 6.42 Å². The normalized spacial score (nSPS) is 19.6. The Morgan fingerprint density at radius 2 is 2.05 bits per heavy atom. The predicted molar refractivity (Wildman–Crippen MR) is 59.4 cm³/mol. The van der Waals surface area contributed by atoms with Gasteiger partial charge in [0.25, 0.3) is 0 Å². The molecule has 3 N–H and O–H groups in total. The van der Waals surface area contributed by atoms with Crippen molar-refractivity contribution >= 4 is 12.0 Å². The van der Waals surface area contributed by atoms with E-state index in [-0.39, 0.29) is 12.5 Å². The van der Waals surface area contributed by atoms with Crippen molar-refractivity contribution in [3.8, 4) is 0 Å². The summed E-state index contributed by atoms with van der Waals surface area (Å²) in [7, 11) is 0. The van der Waals surface area contributed by atoms with Gasteiger partial charge >= 0.3 is 18.2 Å². The fourth-order valence-electron chi connectivity index (χ4n) is 1.97. The quantitative estimate of drug-likeness (QED) is 0.778. The Hall–Kier alpha value is -1.51. The molecule has 0 saturated carbocycles. The maximum Gasteiger partial charge on any atom is 0.406 e. The van der Waals surface area contributed by atoms with Crippen molar-refractivity contribution in [3.05, 3.63) is 0 Å².